The molecule has 1 fully saturated rings. The lowest BCUT2D eigenvalue weighted by atomic mass is 10.1. The molecule has 1 aliphatic heterocycles. The first-order valence-corrected chi connectivity index (χ1v) is 7.43. The number of anilines is 1. The van der Waals surface area contributed by atoms with Crippen molar-refractivity contribution in [2.45, 2.75) is 25.8 Å². The lowest BCUT2D eigenvalue weighted by molar-refractivity contribution is 0.218. The Hall–Kier alpha value is -1.27. The maximum absolute atomic E-state index is 13.7. The summed E-state index contributed by atoms with van der Waals surface area (Å²) in [6.45, 7) is 5.29. The minimum atomic E-state index is -0.264. The standard InChI is InChI=1S/C14H21FN4S/c1-2-4-12(13(16)20)18-7-9-19(10-8-18)14-11(15)5-3-6-17-14/h3,5-6,12H,2,4,7-10H2,1H3,(H2,16,20). The van der Waals surface area contributed by atoms with Crippen LogP contribution in [0.3, 0.4) is 0 Å². The number of piperazine rings is 1. The highest BCUT2D eigenvalue weighted by Gasteiger charge is 2.26. The van der Waals surface area contributed by atoms with Crippen molar-refractivity contribution in [3.63, 3.8) is 0 Å². The molecular weight excluding hydrogens is 275 g/mol. The Labute approximate surface area is 124 Å². The fraction of sp³-hybridized carbons (Fsp3) is 0.571. The van der Waals surface area contributed by atoms with Crippen LogP contribution in [0.4, 0.5) is 10.2 Å². The van der Waals surface area contributed by atoms with Gasteiger partial charge in [0.2, 0.25) is 0 Å². The lowest BCUT2D eigenvalue weighted by Crippen LogP contribution is -2.54. The van der Waals surface area contributed by atoms with E-state index in [9.17, 15) is 4.39 Å². The zero-order chi connectivity index (χ0) is 14.5. The second-order valence-corrected chi connectivity index (χ2v) is 5.51. The third-order valence-electron chi connectivity index (χ3n) is 3.68. The fourth-order valence-corrected chi connectivity index (χ4v) is 2.90. The molecule has 0 saturated carbocycles. The second-order valence-electron chi connectivity index (χ2n) is 5.04. The molecule has 0 aliphatic carbocycles. The van der Waals surface area contributed by atoms with E-state index in [2.05, 4.69) is 16.8 Å². The highest BCUT2D eigenvalue weighted by atomic mass is 32.1. The topological polar surface area (TPSA) is 45.4 Å². The number of rotatable bonds is 5. The first-order valence-electron chi connectivity index (χ1n) is 7.02. The molecule has 1 saturated heterocycles. The summed E-state index contributed by atoms with van der Waals surface area (Å²) in [5, 5.41) is 0. The number of hydrogen-bond donors (Lipinski definition) is 1. The van der Waals surface area contributed by atoms with E-state index in [-0.39, 0.29) is 11.9 Å². The molecule has 0 amide bonds. The maximum atomic E-state index is 13.7. The van der Waals surface area contributed by atoms with Crippen molar-refractivity contribution in [3.05, 3.63) is 24.1 Å². The van der Waals surface area contributed by atoms with Crippen LogP contribution in [0.5, 0.6) is 0 Å². The second kappa shape index (κ2) is 6.95. The Kier molecular flexibility index (Phi) is 5.25. The van der Waals surface area contributed by atoms with Crippen molar-refractivity contribution >= 4 is 23.0 Å². The zero-order valence-corrected chi connectivity index (χ0v) is 12.6. The predicted octanol–water partition coefficient (Wildman–Crippen LogP) is 1.80. The Morgan fingerprint density at radius 3 is 2.70 bits per heavy atom. The third-order valence-corrected chi connectivity index (χ3v) is 3.96. The van der Waals surface area contributed by atoms with Gasteiger partial charge in [-0.15, -0.1) is 0 Å². The summed E-state index contributed by atoms with van der Waals surface area (Å²) < 4.78 is 13.7. The first kappa shape index (κ1) is 15.1. The van der Waals surface area contributed by atoms with Crippen molar-refractivity contribution < 1.29 is 4.39 Å². The summed E-state index contributed by atoms with van der Waals surface area (Å²) >= 11 is 5.16. The van der Waals surface area contributed by atoms with Crippen LogP contribution in [-0.2, 0) is 0 Å². The third kappa shape index (κ3) is 3.43. The van der Waals surface area contributed by atoms with Gasteiger partial charge in [-0.25, -0.2) is 9.37 Å². The van der Waals surface area contributed by atoms with Gasteiger partial charge in [-0.1, -0.05) is 25.6 Å². The molecule has 1 atom stereocenters. The van der Waals surface area contributed by atoms with E-state index in [1.165, 1.54) is 6.07 Å². The average Bonchev–Trinajstić information content (AvgIpc) is 2.45. The first-order chi connectivity index (χ1) is 9.63. The summed E-state index contributed by atoms with van der Waals surface area (Å²) in [5.41, 5.74) is 5.83. The van der Waals surface area contributed by atoms with Gasteiger partial charge in [0.1, 0.15) is 0 Å². The van der Waals surface area contributed by atoms with Crippen molar-refractivity contribution in [3.8, 4) is 0 Å². The molecule has 1 aliphatic rings. The van der Waals surface area contributed by atoms with Gasteiger partial charge in [0, 0.05) is 32.4 Å². The van der Waals surface area contributed by atoms with E-state index in [1.807, 2.05) is 4.90 Å². The van der Waals surface area contributed by atoms with E-state index in [1.54, 1.807) is 12.3 Å². The van der Waals surface area contributed by atoms with Crippen molar-refractivity contribution in [2.24, 2.45) is 5.73 Å². The van der Waals surface area contributed by atoms with Gasteiger partial charge < -0.3 is 10.6 Å². The summed E-state index contributed by atoms with van der Waals surface area (Å²) in [7, 11) is 0. The number of thiocarbonyl (C=S) groups is 1. The molecule has 110 valence electrons. The molecular formula is C14H21FN4S. The Morgan fingerprint density at radius 2 is 2.15 bits per heavy atom. The van der Waals surface area contributed by atoms with Crippen LogP contribution in [0.25, 0.3) is 0 Å². The highest BCUT2D eigenvalue weighted by Crippen LogP contribution is 2.19. The predicted molar refractivity (Wildman–Crippen MR) is 83.5 cm³/mol. The molecule has 4 nitrogen and oxygen atoms in total. The highest BCUT2D eigenvalue weighted by molar-refractivity contribution is 7.80. The molecule has 1 aromatic rings. The van der Waals surface area contributed by atoms with Crippen LogP contribution in [-0.4, -0.2) is 47.1 Å². The zero-order valence-electron chi connectivity index (χ0n) is 11.8. The minimum Gasteiger partial charge on any atom is -0.392 e. The van der Waals surface area contributed by atoms with Gasteiger partial charge in [0.25, 0.3) is 0 Å². The number of aromatic nitrogens is 1. The number of nitrogens with two attached hydrogens (primary N) is 1. The van der Waals surface area contributed by atoms with E-state index >= 15 is 0 Å². The Balaban J connectivity index is 1.98. The quantitative estimate of drug-likeness (QED) is 0.840. The minimum absolute atomic E-state index is 0.158. The molecule has 2 rings (SSSR count). The molecule has 1 unspecified atom stereocenters. The molecule has 0 radical (unpaired) electrons. The number of halogens is 1. The monoisotopic (exact) mass is 296 g/mol. The van der Waals surface area contributed by atoms with Crippen LogP contribution >= 0.6 is 12.2 Å². The maximum Gasteiger partial charge on any atom is 0.165 e. The van der Waals surface area contributed by atoms with E-state index < -0.39 is 0 Å². The number of pyridine rings is 1. The van der Waals surface area contributed by atoms with Crippen LogP contribution < -0.4 is 10.6 Å². The van der Waals surface area contributed by atoms with Crippen molar-refractivity contribution in [2.75, 3.05) is 31.1 Å². The molecule has 2 N–H and O–H groups in total. The SMILES string of the molecule is CCCC(C(N)=S)N1CCN(c2ncccc2F)CC1. The van der Waals surface area contributed by atoms with Crippen LogP contribution in [0.1, 0.15) is 19.8 Å². The van der Waals surface area contributed by atoms with E-state index in [0.29, 0.717) is 10.8 Å². The van der Waals surface area contributed by atoms with Crippen molar-refractivity contribution in [1.82, 2.24) is 9.88 Å². The van der Waals surface area contributed by atoms with Crippen LogP contribution in [0.2, 0.25) is 0 Å². The van der Waals surface area contributed by atoms with Crippen molar-refractivity contribution in [1.29, 1.82) is 0 Å². The fourth-order valence-electron chi connectivity index (χ4n) is 2.63. The van der Waals surface area contributed by atoms with Gasteiger partial charge in [0.05, 0.1) is 11.0 Å². The average molecular weight is 296 g/mol. The molecule has 1 aromatic heterocycles. The van der Waals surface area contributed by atoms with Gasteiger partial charge in [-0.3, -0.25) is 4.90 Å². The van der Waals surface area contributed by atoms with Gasteiger partial charge in [-0.05, 0) is 18.6 Å². The lowest BCUT2D eigenvalue weighted by Gasteiger charge is -2.39. The molecule has 2 heterocycles. The summed E-state index contributed by atoms with van der Waals surface area (Å²) in [4.78, 5) is 8.96. The molecule has 20 heavy (non-hydrogen) atoms. The van der Waals surface area contributed by atoms with Gasteiger partial charge >= 0.3 is 0 Å². The Bertz CT molecular complexity index is 460. The molecule has 0 spiro atoms. The summed E-state index contributed by atoms with van der Waals surface area (Å²) in [6.07, 6.45) is 3.66. The number of nitrogens with zero attached hydrogens (tertiary/aromatic N) is 3. The normalized spacial score (nSPS) is 18.0. The number of hydrogen-bond acceptors (Lipinski definition) is 4. The summed E-state index contributed by atoms with van der Waals surface area (Å²) in [5.74, 6) is 0.176. The molecule has 6 heteroatoms. The van der Waals surface area contributed by atoms with Crippen LogP contribution in [0, 0.1) is 5.82 Å². The van der Waals surface area contributed by atoms with E-state index in [0.717, 1.165) is 39.0 Å². The summed E-state index contributed by atoms with van der Waals surface area (Å²) in [6, 6.07) is 3.22. The molecule has 0 aromatic carbocycles. The van der Waals surface area contributed by atoms with Gasteiger partial charge in [-0.2, -0.15) is 0 Å². The van der Waals surface area contributed by atoms with Gasteiger partial charge in [0.15, 0.2) is 11.6 Å². The smallest absolute Gasteiger partial charge is 0.165 e. The largest absolute Gasteiger partial charge is 0.392 e. The Morgan fingerprint density at radius 1 is 1.45 bits per heavy atom. The van der Waals surface area contributed by atoms with E-state index in [4.69, 9.17) is 18.0 Å². The van der Waals surface area contributed by atoms with Crippen LogP contribution in [0.15, 0.2) is 18.3 Å². The molecule has 0 bridgehead atoms.